The molecule has 1 saturated carbocycles. The maximum atomic E-state index is 13.3. The lowest BCUT2D eigenvalue weighted by molar-refractivity contribution is -0.149. The van der Waals surface area contributed by atoms with Gasteiger partial charge < -0.3 is 9.94 Å². The van der Waals surface area contributed by atoms with Crippen LogP contribution in [0.1, 0.15) is 81.5 Å². The SMILES string of the molecule is Cc1cc(C)c(C2=C(OC(=O)C(C)(C)C)C(CC3CCC(=NO)CC3)CC2=O)c(C)c1. The summed E-state index contributed by atoms with van der Waals surface area (Å²) in [5, 5.41) is 12.4. The largest absolute Gasteiger partial charge is 0.430 e. The molecule has 1 N–H and O–H groups in total. The molecule has 2 aliphatic carbocycles. The number of nitrogens with zero attached hydrogens (tertiary/aromatic N) is 1. The van der Waals surface area contributed by atoms with Crippen LogP contribution in [0.25, 0.3) is 5.57 Å². The van der Waals surface area contributed by atoms with E-state index in [1.165, 1.54) is 0 Å². The van der Waals surface area contributed by atoms with E-state index in [-0.39, 0.29) is 17.7 Å². The van der Waals surface area contributed by atoms with E-state index in [1.807, 2.05) is 41.5 Å². The van der Waals surface area contributed by atoms with Crippen molar-refractivity contribution in [2.24, 2.45) is 22.4 Å². The van der Waals surface area contributed by atoms with Crippen molar-refractivity contribution in [2.45, 2.75) is 80.1 Å². The third-order valence-corrected chi connectivity index (χ3v) is 6.51. The molecule has 0 saturated heterocycles. The van der Waals surface area contributed by atoms with Gasteiger partial charge in [-0.25, -0.2) is 0 Å². The maximum absolute atomic E-state index is 13.3. The van der Waals surface area contributed by atoms with Crippen molar-refractivity contribution in [3.05, 3.63) is 40.1 Å². The average molecular weight is 426 g/mol. The minimum absolute atomic E-state index is 0.0604. The van der Waals surface area contributed by atoms with Crippen molar-refractivity contribution in [2.75, 3.05) is 0 Å². The average Bonchev–Trinajstić information content (AvgIpc) is 2.96. The van der Waals surface area contributed by atoms with Gasteiger partial charge >= 0.3 is 5.97 Å². The van der Waals surface area contributed by atoms with Crippen molar-refractivity contribution in [1.29, 1.82) is 0 Å². The number of aryl methyl sites for hydroxylation is 3. The topological polar surface area (TPSA) is 76.0 Å². The minimum atomic E-state index is -0.650. The van der Waals surface area contributed by atoms with Crippen LogP contribution in [0.4, 0.5) is 0 Å². The number of Topliss-reactive ketones (excluding diaryl/α,β-unsaturated/α-hetero) is 1. The van der Waals surface area contributed by atoms with Crippen molar-refractivity contribution in [3.63, 3.8) is 0 Å². The molecule has 168 valence electrons. The number of carbonyl (C=O) groups is 2. The van der Waals surface area contributed by atoms with Gasteiger partial charge in [0.25, 0.3) is 0 Å². The summed E-state index contributed by atoms with van der Waals surface area (Å²) in [6.45, 7) is 11.6. The summed E-state index contributed by atoms with van der Waals surface area (Å²) in [7, 11) is 0. The van der Waals surface area contributed by atoms with E-state index in [4.69, 9.17) is 9.94 Å². The van der Waals surface area contributed by atoms with Gasteiger partial charge in [-0.15, -0.1) is 0 Å². The quantitative estimate of drug-likeness (QED) is 0.369. The zero-order valence-corrected chi connectivity index (χ0v) is 19.7. The van der Waals surface area contributed by atoms with Gasteiger partial charge in [0.15, 0.2) is 5.78 Å². The number of hydrogen-bond acceptors (Lipinski definition) is 5. The molecule has 1 unspecified atom stereocenters. The van der Waals surface area contributed by atoms with Crippen LogP contribution in [0.5, 0.6) is 0 Å². The Morgan fingerprint density at radius 2 is 1.71 bits per heavy atom. The fraction of sp³-hybridized carbons (Fsp3) is 0.577. The summed E-state index contributed by atoms with van der Waals surface area (Å²) < 4.78 is 6.01. The second-order valence-corrected chi connectivity index (χ2v) is 10.3. The second kappa shape index (κ2) is 8.97. The lowest BCUT2D eigenvalue weighted by Crippen LogP contribution is -2.25. The molecule has 0 bridgehead atoms. The molecule has 31 heavy (non-hydrogen) atoms. The van der Waals surface area contributed by atoms with Crippen LogP contribution in [0.2, 0.25) is 0 Å². The highest BCUT2D eigenvalue weighted by molar-refractivity contribution is 6.24. The molecule has 1 fully saturated rings. The predicted molar refractivity (Wildman–Crippen MR) is 122 cm³/mol. The Labute approximate surface area is 185 Å². The molecular formula is C26H35NO4. The number of ketones is 1. The Bertz CT molecular complexity index is 916. The first kappa shape index (κ1) is 23.2. The first-order valence-electron chi connectivity index (χ1n) is 11.3. The summed E-state index contributed by atoms with van der Waals surface area (Å²) in [5.41, 5.74) is 4.92. The van der Waals surface area contributed by atoms with Gasteiger partial charge in [0.2, 0.25) is 0 Å². The number of carbonyl (C=O) groups excluding carboxylic acids is 2. The van der Waals surface area contributed by atoms with Gasteiger partial charge in [-0.3, -0.25) is 9.59 Å². The Hall–Kier alpha value is -2.43. The van der Waals surface area contributed by atoms with Crippen LogP contribution < -0.4 is 0 Å². The van der Waals surface area contributed by atoms with Crippen LogP contribution in [0.3, 0.4) is 0 Å². The molecule has 0 aliphatic heterocycles. The number of rotatable bonds is 4. The minimum Gasteiger partial charge on any atom is -0.430 e. The summed E-state index contributed by atoms with van der Waals surface area (Å²) in [6, 6.07) is 4.16. The summed E-state index contributed by atoms with van der Waals surface area (Å²) in [4.78, 5) is 26.1. The molecule has 5 heteroatoms. The van der Waals surface area contributed by atoms with Crippen LogP contribution in [-0.2, 0) is 14.3 Å². The number of allylic oxidation sites excluding steroid dienone is 2. The van der Waals surface area contributed by atoms with Crippen LogP contribution in [-0.4, -0.2) is 22.7 Å². The molecule has 0 heterocycles. The lowest BCUT2D eigenvalue weighted by atomic mass is 9.81. The molecule has 1 aromatic rings. The molecule has 1 atom stereocenters. The first-order valence-corrected chi connectivity index (χ1v) is 11.3. The second-order valence-electron chi connectivity index (χ2n) is 10.3. The van der Waals surface area contributed by atoms with E-state index in [1.54, 1.807) is 0 Å². The lowest BCUT2D eigenvalue weighted by Gasteiger charge is -2.27. The molecule has 3 rings (SSSR count). The zero-order chi connectivity index (χ0) is 22.9. The van der Waals surface area contributed by atoms with Crippen molar-refractivity contribution >= 4 is 23.0 Å². The van der Waals surface area contributed by atoms with Crippen molar-refractivity contribution < 1.29 is 19.5 Å². The van der Waals surface area contributed by atoms with E-state index in [9.17, 15) is 9.59 Å². The first-order chi connectivity index (χ1) is 14.5. The van der Waals surface area contributed by atoms with Crippen LogP contribution >= 0.6 is 0 Å². The van der Waals surface area contributed by atoms with E-state index < -0.39 is 5.41 Å². The number of oxime groups is 1. The molecule has 0 spiro atoms. The fourth-order valence-electron chi connectivity index (χ4n) is 4.92. The Morgan fingerprint density at radius 1 is 1.13 bits per heavy atom. The Morgan fingerprint density at radius 3 is 2.23 bits per heavy atom. The molecule has 0 radical (unpaired) electrons. The van der Waals surface area contributed by atoms with E-state index in [0.717, 1.165) is 60.1 Å². The molecule has 1 aromatic carbocycles. The molecular weight excluding hydrogens is 390 g/mol. The summed E-state index contributed by atoms with van der Waals surface area (Å²) >= 11 is 0. The smallest absolute Gasteiger partial charge is 0.316 e. The molecule has 2 aliphatic rings. The molecule has 0 amide bonds. The van der Waals surface area contributed by atoms with E-state index >= 15 is 0 Å². The van der Waals surface area contributed by atoms with E-state index in [2.05, 4.69) is 17.3 Å². The highest BCUT2D eigenvalue weighted by Crippen LogP contribution is 2.44. The van der Waals surface area contributed by atoms with Gasteiger partial charge in [-0.1, -0.05) is 22.9 Å². The van der Waals surface area contributed by atoms with Crippen LogP contribution in [0.15, 0.2) is 23.0 Å². The Balaban J connectivity index is 2.00. The highest BCUT2D eigenvalue weighted by atomic mass is 16.5. The van der Waals surface area contributed by atoms with Crippen molar-refractivity contribution in [3.8, 4) is 0 Å². The third-order valence-electron chi connectivity index (χ3n) is 6.51. The monoisotopic (exact) mass is 425 g/mol. The van der Waals surface area contributed by atoms with E-state index in [0.29, 0.717) is 23.7 Å². The van der Waals surface area contributed by atoms with Crippen LogP contribution in [0, 0.1) is 38.0 Å². The summed E-state index contributed by atoms with van der Waals surface area (Å²) in [5.74, 6) is 0.643. The number of hydrogen-bond donors (Lipinski definition) is 1. The number of esters is 1. The molecule has 5 nitrogen and oxygen atoms in total. The summed E-state index contributed by atoms with van der Waals surface area (Å²) in [6.07, 6.45) is 4.62. The maximum Gasteiger partial charge on any atom is 0.316 e. The highest BCUT2D eigenvalue weighted by Gasteiger charge is 2.40. The third kappa shape index (κ3) is 5.08. The zero-order valence-electron chi connectivity index (χ0n) is 19.7. The Kier molecular flexibility index (Phi) is 6.73. The number of ether oxygens (including phenoxy) is 1. The standard InChI is InChI=1S/C26H35NO4/c1-15-11-16(2)22(17(3)12-15)23-21(28)14-19(24(23)31-25(29)26(4,5)6)13-18-7-9-20(27-30)10-8-18/h11-12,18-19,30H,7-10,13-14H2,1-6H3. The fourth-order valence-corrected chi connectivity index (χ4v) is 4.92. The van der Waals surface area contributed by atoms with Crippen molar-refractivity contribution in [1.82, 2.24) is 0 Å². The van der Waals surface area contributed by atoms with Gasteiger partial charge in [-0.2, -0.15) is 0 Å². The number of benzene rings is 1. The normalized spacial score (nSPS) is 22.1. The van der Waals surface area contributed by atoms with Gasteiger partial charge in [0.05, 0.1) is 16.7 Å². The predicted octanol–water partition coefficient (Wildman–Crippen LogP) is 5.91. The van der Waals surface area contributed by atoms with Gasteiger partial charge in [0, 0.05) is 12.3 Å². The molecule has 0 aromatic heterocycles. The van der Waals surface area contributed by atoms with Gasteiger partial charge in [-0.05, 0) is 96.3 Å². The van der Waals surface area contributed by atoms with Gasteiger partial charge in [0.1, 0.15) is 5.76 Å².